The molecule has 0 aliphatic carbocycles. The van der Waals surface area contributed by atoms with Gasteiger partial charge in [0.25, 0.3) is 15.9 Å². The number of aromatic nitrogens is 1. The van der Waals surface area contributed by atoms with Gasteiger partial charge < -0.3 is 4.90 Å². The van der Waals surface area contributed by atoms with Crippen LogP contribution in [0.3, 0.4) is 0 Å². The van der Waals surface area contributed by atoms with E-state index in [9.17, 15) is 13.2 Å². The highest BCUT2D eigenvalue weighted by molar-refractivity contribution is 7.92. The largest absolute Gasteiger partial charge is 0.332 e. The number of sulfonamides is 1. The molecule has 1 atom stereocenters. The molecule has 1 fully saturated rings. The van der Waals surface area contributed by atoms with E-state index in [2.05, 4.69) is 4.98 Å². The summed E-state index contributed by atoms with van der Waals surface area (Å²) in [5, 5.41) is 0. The van der Waals surface area contributed by atoms with Gasteiger partial charge in [0.1, 0.15) is 0 Å². The van der Waals surface area contributed by atoms with E-state index in [0.29, 0.717) is 17.8 Å². The first-order valence-electron chi connectivity index (χ1n) is 9.83. The Balaban J connectivity index is 1.55. The van der Waals surface area contributed by atoms with Crippen LogP contribution in [0.25, 0.3) is 0 Å². The van der Waals surface area contributed by atoms with Gasteiger partial charge in [-0.15, -0.1) is 0 Å². The molecule has 0 unspecified atom stereocenters. The minimum absolute atomic E-state index is 0.00109. The molecule has 2 heterocycles. The zero-order valence-electron chi connectivity index (χ0n) is 16.7. The van der Waals surface area contributed by atoms with Crippen molar-refractivity contribution in [2.75, 3.05) is 17.9 Å². The minimum Gasteiger partial charge on any atom is -0.332 e. The van der Waals surface area contributed by atoms with Gasteiger partial charge in [0, 0.05) is 31.5 Å². The summed E-state index contributed by atoms with van der Waals surface area (Å²) in [6.07, 6.45) is 5.34. The average Bonchev–Trinajstić information content (AvgIpc) is 3.29. The molecule has 154 valence electrons. The zero-order chi connectivity index (χ0) is 21.1. The lowest BCUT2D eigenvalue weighted by Gasteiger charge is -2.25. The van der Waals surface area contributed by atoms with E-state index in [1.165, 1.54) is 23.5 Å². The third-order valence-corrected chi connectivity index (χ3v) is 7.26. The number of hydrogen-bond acceptors (Lipinski definition) is 4. The van der Waals surface area contributed by atoms with Gasteiger partial charge in [-0.2, -0.15) is 0 Å². The number of para-hydroxylation sites is 1. The van der Waals surface area contributed by atoms with Crippen molar-refractivity contribution in [2.45, 2.75) is 23.8 Å². The van der Waals surface area contributed by atoms with Crippen molar-refractivity contribution in [3.8, 4) is 0 Å². The second-order valence-corrected chi connectivity index (χ2v) is 9.24. The van der Waals surface area contributed by atoms with Gasteiger partial charge in [-0.05, 0) is 60.9 Å². The van der Waals surface area contributed by atoms with Crippen molar-refractivity contribution in [2.24, 2.45) is 0 Å². The van der Waals surface area contributed by atoms with Crippen molar-refractivity contribution < 1.29 is 13.2 Å². The van der Waals surface area contributed by atoms with Crippen molar-refractivity contribution in [3.63, 3.8) is 0 Å². The average molecular weight is 422 g/mol. The fourth-order valence-corrected chi connectivity index (χ4v) is 5.00. The van der Waals surface area contributed by atoms with Gasteiger partial charge in [0.05, 0.1) is 16.6 Å². The number of anilines is 1. The van der Waals surface area contributed by atoms with Crippen LogP contribution in [0.4, 0.5) is 5.69 Å². The van der Waals surface area contributed by atoms with E-state index in [0.717, 1.165) is 18.4 Å². The van der Waals surface area contributed by atoms with Crippen molar-refractivity contribution in [1.29, 1.82) is 0 Å². The van der Waals surface area contributed by atoms with Crippen LogP contribution in [0.1, 0.15) is 34.8 Å². The maximum Gasteiger partial charge on any atom is 0.264 e. The monoisotopic (exact) mass is 421 g/mol. The van der Waals surface area contributed by atoms with E-state index in [1.807, 2.05) is 23.1 Å². The summed E-state index contributed by atoms with van der Waals surface area (Å²) in [5.74, 6) is -0.0956. The number of pyridine rings is 1. The standard InChI is InChI=1S/C23H23N3O3S/c1-25(20-8-3-2-4-9-20)30(28,29)21-13-11-18(12-14-21)23(27)26-16-6-10-22(26)19-7-5-15-24-17-19/h2-5,7-9,11-15,17,22H,6,10,16H2,1H3/t22-/m0/s1. The molecule has 0 bridgehead atoms. The number of hydrogen-bond donors (Lipinski definition) is 0. The van der Waals surface area contributed by atoms with Gasteiger partial charge in [-0.3, -0.25) is 14.1 Å². The van der Waals surface area contributed by atoms with E-state index < -0.39 is 10.0 Å². The Kier molecular flexibility index (Phi) is 5.55. The highest BCUT2D eigenvalue weighted by Crippen LogP contribution is 2.33. The second-order valence-electron chi connectivity index (χ2n) is 7.28. The third kappa shape index (κ3) is 3.80. The number of carbonyl (C=O) groups excluding carboxylic acids is 1. The summed E-state index contributed by atoms with van der Waals surface area (Å²) >= 11 is 0. The van der Waals surface area contributed by atoms with Crippen LogP contribution in [0.2, 0.25) is 0 Å². The molecule has 1 aliphatic heterocycles. The summed E-state index contributed by atoms with van der Waals surface area (Å²) < 4.78 is 27.1. The first-order chi connectivity index (χ1) is 14.5. The van der Waals surface area contributed by atoms with Crippen LogP contribution in [0.15, 0.2) is 84.0 Å². The van der Waals surface area contributed by atoms with E-state index in [1.54, 1.807) is 48.8 Å². The lowest BCUT2D eigenvalue weighted by atomic mass is 10.1. The van der Waals surface area contributed by atoms with Crippen LogP contribution >= 0.6 is 0 Å². The molecule has 4 rings (SSSR count). The predicted molar refractivity (Wildman–Crippen MR) is 116 cm³/mol. The van der Waals surface area contributed by atoms with Gasteiger partial charge in [0.2, 0.25) is 0 Å². The first-order valence-corrected chi connectivity index (χ1v) is 11.3. The fraction of sp³-hybridized carbons (Fsp3) is 0.217. The number of likely N-dealkylation sites (tertiary alicyclic amines) is 1. The number of amides is 1. The third-order valence-electron chi connectivity index (χ3n) is 5.46. The molecule has 0 radical (unpaired) electrons. The topological polar surface area (TPSA) is 70.6 Å². The zero-order valence-corrected chi connectivity index (χ0v) is 17.5. The highest BCUT2D eigenvalue weighted by atomic mass is 32.2. The molecule has 30 heavy (non-hydrogen) atoms. The molecule has 0 saturated carbocycles. The Labute approximate surface area is 176 Å². The Hall–Kier alpha value is -3.19. The number of rotatable bonds is 5. The molecule has 3 aromatic rings. The van der Waals surface area contributed by atoms with E-state index >= 15 is 0 Å². The van der Waals surface area contributed by atoms with Crippen molar-refractivity contribution >= 4 is 21.6 Å². The smallest absolute Gasteiger partial charge is 0.264 e. The lowest BCUT2D eigenvalue weighted by Crippen LogP contribution is -2.30. The summed E-state index contributed by atoms with van der Waals surface area (Å²) in [7, 11) is -2.19. The van der Waals surface area contributed by atoms with Gasteiger partial charge in [-0.25, -0.2) is 8.42 Å². The Morgan fingerprint density at radius 2 is 1.77 bits per heavy atom. The quantitative estimate of drug-likeness (QED) is 0.627. The molecular formula is C23H23N3O3S. The second kappa shape index (κ2) is 8.28. The molecule has 1 saturated heterocycles. The van der Waals surface area contributed by atoms with Gasteiger partial charge in [0.15, 0.2) is 0 Å². The van der Waals surface area contributed by atoms with E-state index in [4.69, 9.17) is 0 Å². The predicted octanol–water partition coefficient (Wildman–Crippen LogP) is 3.88. The molecule has 0 N–H and O–H groups in total. The number of benzene rings is 2. The molecular weight excluding hydrogens is 398 g/mol. The maximum atomic E-state index is 13.1. The van der Waals surface area contributed by atoms with Gasteiger partial charge >= 0.3 is 0 Å². The Morgan fingerprint density at radius 3 is 2.43 bits per heavy atom. The molecule has 0 spiro atoms. The molecule has 1 aromatic heterocycles. The van der Waals surface area contributed by atoms with Crippen molar-refractivity contribution in [1.82, 2.24) is 9.88 Å². The van der Waals surface area contributed by atoms with Crippen LogP contribution in [0, 0.1) is 0 Å². The summed E-state index contributed by atoms with van der Waals surface area (Å²) in [6.45, 7) is 0.676. The van der Waals surface area contributed by atoms with Crippen LogP contribution < -0.4 is 4.31 Å². The van der Waals surface area contributed by atoms with Crippen LogP contribution in [-0.4, -0.2) is 37.8 Å². The van der Waals surface area contributed by atoms with Crippen LogP contribution in [0.5, 0.6) is 0 Å². The Morgan fingerprint density at radius 1 is 1.03 bits per heavy atom. The normalized spacial score (nSPS) is 16.4. The minimum atomic E-state index is -3.71. The van der Waals surface area contributed by atoms with Crippen LogP contribution in [-0.2, 0) is 10.0 Å². The number of carbonyl (C=O) groups is 1. The molecule has 7 heteroatoms. The lowest BCUT2D eigenvalue weighted by molar-refractivity contribution is 0.0735. The highest BCUT2D eigenvalue weighted by Gasteiger charge is 2.31. The van der Waals surface area contributed by atoms with Gasteiger partial charge in [-0.1, -0.05) is 24.3 Å². The molecule has 1 aliphatic rings. The molecule has 2 aromatic carbocycles. The maximum absolute atomic E-state index is 13.1. The summed E-state index contributed by atoms with van der Waals surface area (Å²) in [5.41, 5.74) is 2.08. The van der Waals surface area contributed by atoms with E-state index in [-0.39, 0.29) is 16.8 Å². The fourth-order valence-electron chi connectivity index (χ4n) is 3.80. The number of nitrogens with zero attached hydrogens (tertiary/aromatic N) is 3. The van der Waals surface area contributed by atoms with Crippen molar-refractivity contribution in [3.05, 3.63) is 90.3 Å². The molecule has 1 amide bonds. The molecule has 6 nitrogen and oxygen atoms in total. The summed E-state index contributed by atoms with van der Waals surface area (Å²) in [4.78, 5) is 19.3. The SMILES string of the molecule is CN(c1ccccc1)S(=O)(=O)c1ccc(C(=O)N2CCC[C@H]2c2cccnc2)cc1. The first kappa shape index (κ1) is 20.1. The Bertz CT molecular complexity index is 1120. The summed E-state index contributed by atoms with van der Waals surface area (Å²) in [6, 6.07) is 18.9.